The van der Waals surface area contributed by atoms with Crippen molar-refractivity contribution in [2.45, 2.75) is 30.3 Å². The van der Waals surface area contributed by atoms with E-state index >= 15 is 0 Å². The predicted octanol–water partition coefficient (Wildman–Crippen LogP) is 3.29. The summed E-state index contributed by atoms with van der Waals surface area (Å²) in [6, 6.07) is 4.71. The molecule has 8 heteroatoms. The van der Waals surface area contributed by atoms with Gasteiger partial charge in [-0.3, -0.25) is 4.79 Å². The molecule has 28 heavy (non-hydrogen) atoms. The fraction of sp³-hybridized carbons (Fsp3) is 0.350. The highest BCUT2D eigenvalue weighted by atomic mass is 35.5. The number of nitrogens with zero attached hydrogens (tertiary/aromatic N) is 1. The summed E-state index contributed by atoms with van der Waals surface area (Å²) in [7, 11) is 0. The number of Topliss-reactive ketones (excluding diaryl/α,β-unsaturated/α-hetero) is 1. The highest BCUT2D eigenvalue weighted by Crippen LogP contribution is 2.53. The maximum atomic E-state index is 14.4. The van der Waals surface area contributed by atoms with E-state index in [4.69, 9.17) is 16.3 Å². The molecular formula is C20H15ClF2N2O3. The first-order valence-corrected chi connectivity index (χ1v) is 9.40. The fourth-order valence-corrected chi connectivity index (χ4v) is 4.56. The Kier molecular flexibility index (Phi) is 3.67. The average molecular weight is 405 g/mol. The molecule has 1 aromatic carbocycles. The zero-order chi connectivity index (χ0) is 19.7. The molecule has 3 heterocycles. The van der Waals surface area contributed by atoms with Crippen LogP contribution in [0.1, 0.15) is 51.2 Å². The lowest BCUT2D eigenvalue weighted by atomic mass is 9.85. The first-order valence-electron chi connectivity index (χ1n) is 9.02. The Morgan fingerprint density at radius 3 is 2.61 bits per heavy atom. The first-order chi connectivity index (χ1) is 13.4. The van der Waals surface area contributed by atoms with Gasteiger partial charge in [-0.05, 0) is 31.5 Å². The number of ether oxygens (including phenoxy) is 1. The summed E-state index contributed by atoms with van der Waals surface area (Å²) in [5, 5.41) is 3.23. The lowest BCUT2D eigenvalue weighted by Crippen LogP contribution is -2.29. The second kappa shape index (κ2) is 5.81. The molecule has 1 atom stereocenters. The quantitative estimate of drug-likeness (QED) is 0.483. The SMILES string of the molecule is O=C1OC2(CCNC2)c2cc(Cl)nc(C(=O)C3(c4ccc(F)cc4F)CC3)c21. The van der Waals surface area contributed by atoms with Crippen molar-refractivity contribution in [3.63, 3.8) is 0 Å². The van der Waals surface area contributed by atoms with Gasteiger partial charge in [-0.25, -0.2) is 18.6 Å². The molecule has 144 valence electrons. The number of rotatable bonds is 3. The molecule has 0 bridgehead atoms. The Morgan fingerprint density at radius 2 is 1.96 bits per heavy atom. The number of hydrogen-bond donors (Lipinski definition) is 1. The van der Waals surface area contributed by atoms with E-state index in [1.165, 1.54) is 6.07 Å². The van der Waals surface area contributed by atoms with Crippen molar-refractivity contribution in [2.75, 3.05) is 13.1 Å². The molecule has 5 nitrogen and oxygen atoms in total. The smallest absolute Gasteiger partial charge is 0.341 e. The number of nitrogens with one attached hydrogen (secondary N) is 1. The summed E-state index contributed by atoms with van der Waals surface area (Å²) in [4.78, 5) is 30.2. The van der Waals surface area contributed by atoms with Crippen LogP contribution in [0.5, 0.6) is 0 Å². The number of halogens is 3. The summed E-state index contributed by atoms with van der Waals surface area (Å²) in [6.07, 6.45) is 1.34. The molecule has 1 saturated carbocycles. The van der Waals surface area contributed by atoms with Crippen LogP contribution in [0.25, 0.3) is 0 Å². The molecule has 5 rings (SSSR count). The molecule has 0 radical (unpaired) electrons. The van der Waals surface area contributed by atoms with Gasteiger partial charge in [-0.1, -0.05) is 17.7 Å². The van der Waals surface area contributed by atoms with Gasteiger partial charge in [0.2, 0.25) is 0 Å². The van der Waals surface area contributed by atoms with Crippen molar-refractivity contribution in [2.24, 2.45) is 0 Å². The highest BCUT2D eigenvalue weighted by molar-refractivity contribution is 6.30. The third kappa shape index (κ3) is 2.36. The number of aromatic nitrogens is 1. The van der Waals surface area contributed by atoms with Crippen molar-refractivity contribution < 1.29 is 23.1 Å². The highest BCUT2D eigenvalue weighted by Gasteiger charge is 2.56. The van der Waals surface area contributed by atoms with Gasteiger partial charge in [-0.15, -0.1) is 0 Å². The van der Waals surface area contributed by atoms with Crippen LogP contribution in [0.3, 0.4) is 0 Å². The number of ketones is 1. The van der Waals surface area contributed by atoms with E-state index in [0.29, 0.717) is 37.9 Å². The van der Waals surface area contributed by atoms with E-state index in [9.17, 15) is 18.4 Å². The molecule has 2 aromatic rings. The lowest BCUT2D eigenvalue weighted by molar-refractivity contribution is 0.00158. The van der Waals surface area contributed by atoms with Crippen LogP contribution in [-0.2, 0) is 15.8 Å². The molecule has 2 fully saturated rings. The number of hydrogen-bond acceptors (Lipinski definition) is 5. The summed E-state index contributed by atoms with van der Waals surface area (Å²) in [6.45, 7) is 1.10. The Hall–Kier alpha value is -2.38. The van der Waals surface area contributed by atoms with E-state index in [2.05, 4.69) is 10.3 Å². The van der Waals surface area contributed by atoms with E-state index in [0.717, 1.165) is 12.1 Å². The number of fused-ring (bicyclic) bond motifs is 2. The first kappa shape index (κ1) is 17.7. The number of pyridine rings is 1. The summed E-state index contributed by atoms with van der Waals surface area (Å²) in [5.74, 6) is -2.62. The van der Waals surface area contributed by atoms with Crippen LogP contribution in [0.15, 0.2) is 24.3 Å². The summed E-state index contributed by atoms with van der Waals surface area (Å²) in [5.41, 5.74) is -1.36. The van der Waals surface area contributed by atoms with Gasteiger partial charge in [-0.2, -0.15) is 0 Å². The van der Waals surface area contributed by atoms with Crippen molar-refractivity contribution in [3.8, 4) is 0 Å². The molecule has 1 unspecified atom stereocenters. The number of esters is 1. The van der Waals surface area contributed by atoms with Crippen LogP contribution in [-0.4, -0.2) is 29.8 Å². The maximum absolute atomic E-state index is 14.4. The molecule has 1 aliphatic carbocycles. The largest absolute Gasteiger partial charge is 0.449 e. The second-order valence-electron chi connectivity index (χ2n) is 7.56. The topological polar surface area (TPSA) is 68.3 Å². The minimum atomic E-state index is -1.16. The molecule has 0 amide bonds. The number of carbonyl (C=O) groups is 2. The Labute approximate surface area is 164 Å². The molecule has 1 spiro atoms. The molecule has 1 N–H and O–H groups in total. The monoisotopic (exact) mass is 404 g/mol. The van der Waals surface area contributed by atoms with Crippen LogP contribution < -0.4 is 5.32 Å². The Bertz CT molecular complexity index is 1050. The van der Waals surface area contributed by atoms with Gasteiger partial charge < -0.3 is 10.1 Å². The van der Waals surface area contributed by atoms with E-state index in [-0.39, 0.29) is 22.0 Å². The zero-order valence-electron chi connectivity index (χ0n) is 14.7. The normalized spacial score (nSPS) is 24.3. The van der Waals surface area contributed by atoms with E-state index < -0.39 is 34.4 Å². The van der Waals surface area contributed by atoms with Crippen LogP contribution in [0.4, 0.5) is 8.78 Å². The molecule has 1 saturated heterocycles. The Morgan fingerprint density at radius 1 is 1.18 bits per heavy atom. The summed E-state index contributed by atoms with van der Waals surface area (Å²) >= 11 is 6.18. The third-order valence-corrected chi connectivity index (χ3v) is 6.13. The van der Waals surface area contributed by atoms with E-state index in [1.807, 2.05) is 0 Å². The molecular weight excluding hydrogens is 390 g/mol. The number of carbonyl (C=O) groups excluding carboxylic acids is 2. The lowest BCUT2D eigenvalue weighted by Gasteiger charge is -2.22. The maximum Gasteiger partial charge on any atom is 0.341 e. The van der Waals surface area contributed by atoms with Gasteiger partial charge in [0.05, 0.1) is 11.0 Å². The standard InChI is InChI=1S/C20H15ClF2N2O3/c21-14-8-12-15(18(27)28-20(12)5-6-24-9-20)16(25-14)17(26)19(3-4-19)11-2-1-10(22)7-13(11)23/h1-2,7-8,24H,3-6,9H2. The van der Waals surface area contributed by atoms with Crippen LogP contribution in [0, 0.1) is 11.6 Å². The van der Waals surface area contributed by atoms with Crippen molar-refractivity contribution in [1.29, 1.82) is 0 Å². The minimum absolute atomic E-state index is 0.0713. The van der Waals surface area contributed by atoms with Gasteiger partial charge in [0.1, 0.15) is 22.5 Å². The predicted molar refractivity (Wildman–Crippen MR) is 95.4 cm³/mol. The molecule has 2 aliphatic heterocycles. The van der Waals surface area contributed by atoms with Gasteiger partial charge >= 0.3 is 5.97 Å². The van der Waals surface area contributed by atoms with Gasteiger partial charge in [0, 0.05) is 30.2 Å². The fourth-order valence-electron chi connectivity index (χ4n) is 4.36. The number of benzene rings is 1. The van der Waals surface area contributed by atoms with Crippen molar-refractivity contribution in [3.05, 3.63) is 63.4 Å². The average Bonchev–Trinajstić information content (AvgIpc) is 3.23. The second-order valence-corrected chi connectivity index (χ2v) is 7.95. The molecule has 1 aromatic heterocycles. The third-order valence-electron chi connectivity index (χ3n) is 5.93. The van der Waals surface area contributed by atoms with Gasteiger partial charge in [0.15, 0.2) is 11.4 Å². The minimum Gasteiger partial charge on any atom is -0.449 e. The van der Waals surface area contributed by atoms with Gasteiger partial charge in [0.25, 0.3) is 0 Å². The van der Waals surface area contributed by atoms with Crippen LogP contribution in [0.2, 0.25) is 5.15 Å². The van der Waals surface area contributed by atoms with Crippen LogP contribution >= 0.6 is 11.6 Å². The van der Waals surface area contributed by atoms with Crippen molar-refractivity contribution >= 4 is 23.4 Å². The van der Waals surface area contributed by atoms with Crippen molar-refractivity contribution in [1.82, 2.24) is 10.3 Å². The Balaban J connectivity index is 1.65. The zero-order valence-corrected chi connectivity index (χ0v) is 15.4. The van der Waals surface area contributed by atoms with E-state index in [1.54, 1.807) is 6.07 Å². The summed E-state index contributed by atoms with van der Waals surface area (Å²) < 4.78 is 33.3. The molecule has 3 aliphatic rings.